The van der Waals surface area contributed by atoms with Gasteiger partial charge < -0.3 is 19.4 Å². The third kappa shape index (κ3) is 4.05. The molecule has 5 nitrogen and oxygen atoms in total. The molecule has 148 valence electrons. The molecule has 0 spiro atoms. The van der Waals surface area contributed by atoms with Gasteiger partial charge in [-0.25, -0.2) is 0 Å². The van der Waals surface area contributed by atoms with Crippen LogP contribution in [0.25, 0.3) is 0 Å². The Morgan fingerprint density at radius 3 is 2.25 bits per heavy atom. The highest BCUT2D eigenvalue weighted by Crippen LogP contribution is 2.20. The molecule has 0 bridgehead atoms. The number of piperazine rings is 1. The number of nitrogens with zero attached hydrogens (tertiary/aromatic N) is 2. The van der Waals surface area contributed by atoms with Gasteiger partial charge in [-0.05, 0) is 18.6 Å². The van der Waals surface area contributed by atoms with Crippen LogP contribution in [0.4, 0.5) is 5.69 Å². The van der Waals surface area contributed by atoms with Crippen LogP contribution in [0.15, 0.2) is 54.6 Å². The molecule has 0 radical (unpaired) electrons. The molecule has 1 amide bonds. The van der Waals surface area contributed by atoms with Crippen molar-refractivity contribution in [1.82, 2.24) is 4.90 Å². The number of rotatable bonds is 4. The number of morpholine rings is 1. The van der Waals surface area contributed by atoms with Gasteiger partial charge in [-0.1, -0.05) is 48.5 Å². The van der Waals surface area contributed by atoms with Crippen LogP contribution in [0.5, 0.6) is 0 Å². The number of aryl methyl sites for hydroxylation is 1. The van der Waals surface area contributed by atoms with Gasteiger partial charge in [0.05, 0.1) is 39.4 Å². The molecule has 1 N–H and O–H groups in total. The number of carbonyl (C=O) groups is 1. The van der Waals surface area contributed by atoms with Crippen LogP contribution in [-0.4, -0.2) is 63.3 Å². The topological polar surface area (TPSA) is 37.2 Å². The maximum Gasteiger partial charge on any atom is 0.285 e. The number of carbonyl (C=O) groups excluding carboxylic acids is 1. The summed E-state index contributed by atoms with van der Waals surface area (Å²) in [6, 6.07) is 18.7. The van der Waals surface area contributed by atoms with Gasteiger partial charge in [0.1, 0.15) is 0 Å². The van der Waals surface area contributed by atoms with Crippen molar-refractivity contribution in [1.29, 1.82) is 0 Å². The van der Waals surface area contributed by atoms with Crippen molar-refractivity contribution in [3.05, 3.63) is 65.7 Å². The summed E-state index contributed by atoms with van der Waals surface area (Å²) in [5.41, 5.74) is 3.76. The summed E-state index contributed by atoms with van der Waals surface area (Å²) >= 11 is 0. The number of anilines is 1. The smallest absolute Gasteiger partial charge is 0.285 e. The first-order chi connectivity index (χ1) is 13.7. The van der Waals surface area contributed by atoms with E-state index >= 15 is 0 Å². The van der Waals surface area contributed by atoms with Gasteiger partial charge in [-0.15, -0.1) is 0 Å². The van der Waals surface area contributed by atoms with Gasteiger partial charge in [-0.2, -0.15) is 0 Å². The Kier molecular flexibility index (Phi) is 5.93. The average molecular weight is 381 g/mol. The van der Waals surface area contributed by atoms with E-state index in [9.17, 15) is 4.79 Å². The lowest BCUT2D eigenvalue weighted by molar-refractivity contribution is -0.923. The number of benzene rings is 2. The third-order valence-corrected chi connectivity index (χ3v) is 5.97. The highest BCUT2D eigenvalue weighted by molar-refractivity contribution is 5.82. The van der Waals surface area contributed by atoms with Crippen molar-refractivity contribution in [2.75, 3.05) is 57.4 Å². The van der Waals surface area contributed by atoms with Crippen LogP contribution in [0.3, 0.4) is 0 Å². The minimum atomic E-state index is -0.127. The van der Waals surface area contributed by atoms with Crippen molar-refractivity contribution in [3.63, 3.8) is 0 Å². The molecular formula is C23H30N3O2+. The van der Waals surface area contributed by atoms with E-state index in [0.29, 0.717) is 26.3 Å². The molecule has 2 aromatic rings. The fourth-order valence-corrected chi connectivity index (χ4v) is 4.41. The normalized spacial score (nSPS) is 19.5. The highest BCUT2D eigenvalue weighted by atomic mass is 16.5. The Balaban J connectivity index is 1.51. The van der Waals surface area contributed by atoms with Gasteiger partial charge in [0.25, 0.3) is 5.91 Å². The van der Waals surface area contributed by atoms with Crippen molar-refractivity contribution < 1.29 is 14.4 Å². The lowest BCUT2D eigenvalue weighted by atomic mass is 10.0. The van der Waals surface area contributed by atoms with Crippen LogP contribution in [0.1, 0.15) is 17.2 Å². The molecule has 2 fully saturated rings. The molecule has 4 rings (SSSR count). The second kappa shape index (κ2) is 8.76. The van der Waals surface area contributed by atoms with E-state index in [-0.39, 0.29) is 11.9 Å². The van der Waals surface area contributed by atoms with E-state index in [1.165, 1.54) is 16.2 Å². The summed E-state index contributed by atoms with van der Waals surface area (Å²) in [7, 11) is 0. The van der Waals surface area contributed by atoms with E-state index in [2.05, 4.69) is 48.2 Å². The number of nitrogens with one attached hydrogen (secondary N) is 1. The molecular weight excluding hydrogens is 350 g/mol. The van der Waals surface area contributed by atoms with Crippen molar-refractivity contribution in [3.8, 4) is 0 Å². The summed E-state index contributed by atoms with van der Waals surface area (Å²) in [6.07, 6.45) is 0. The van der Waals surface area contributed by atoms with Crippen LogP contribution < -0.4 is 9.80 Å². The maximum absolute atomic E-state index is 13.4. The molecule has 0 saturated carbocycles. The fraction of sp³-hybridized carbons (Fsp3) is 0.435. The van der Waals surface area contributed by atoms with Gasteiger partial charge in [-0.3, -0.25) is 4.79 Å². The lowest BCUT2D eigenvalue weighted by Gasteiger charge is -2.39. The summed E-state index contributed by atoms with van der Waals surface area (Å²) in [4.78, 5) is 19.3. The molecule has 0 unspecified atom stereocenters. The summed E-state index contributed by atoms with van der Waals surface area (Å²) in [5, 5.41) is 0. The quantitative estimate of drug-likeness (QED) is 0.869. The van der Waals surface area contributed by atoms with E-state index in [0.717, 1.165) is 31.7 Å². The Bertz CT molecular complexity index is 781. The van der Waals surface area contributed by atoms with Crippen LogP contribution >= 0.6 is 0 Å². The molecule has 2 heterocycles. The van der Waals surface area contributed by atoms with Crippen LogP contribution in [0, 0.1) is 6.92 Å². The summed E-state index contributed by atoms with van der Waals surface area (Å²) in [5.74, 6) is 0.244. The van der Waals surface area contributed by atoms with Crippen molar-refractivity contribution >= 4 is 11.6 Å². The first-order valence-corrected chi connectivity index (χ1v) is 10.3. The number of hydrogen-bond donors (Lipinski definition) is 1. The monoisotopic (exact) mass is 380 g/mol. The Labute approximate surface area is 167 Å². The minimum Gasteiger partial charge on any atom is -0.378 e. The number of para-hydroxylation sites is 1. The summed E-state index contributed by atoms with van der Waals surface area (Å²) < 4.78 is 5.45. The maximum atomic E-state index is 13.4. The van der Waals surface area contributed by atoms with Crippen molar-refractivity contribution in [2.45, 2.75) is 13.0 Å². The molecule has 0 aliphatic carbocycles. The molecule has 2 aliphatic rings. The first kappa shape index (κ1) is 19.0. The average Bonchev–Trinajstić information content (AvgIpc) is 2.76. The van der Waals surface area contributed by atoms with Gasteiger partial charge in [0.15, 0.2) is 6.04 Å². The van der Waals surface area contributed by atoms with Crippen molar-refractivity contribution in [2.24, 2.45) is 0 Å². The third-order valence-electron chi connectivity index (χ3n) is 5.97. The van der Waals surface area contributed by atoms with E-state index in [1.54, 1.807) is 0 Å². The number of quaternary nitrogens is 1. The predicted octanol–water partition coefficient (Wildman–Crippen LogP) is 1.30. The van der Waals surface area contributed by atoms with Crippen LogP contribution in [0.2, 0.25) is 0 Å². The lowest BCUT2D eigenvalue weighted by Crippen LogP contribution is -3.16. The molecule has 28 heavy (non-hydrogen) atoms. The number of hydrogen-bond acceptors (Lipinski definition) is 3. The second-order valence-electron chi connectivity index (χ2n) is 7.71. The SMILES string of the molecule is Cc1ccccc1N1CC[NH+]([C@@H](C(=O)N2CCOCC2)c2ccccc2)CC1. The minimum absolute atomic E-state index is 0.127. The Hall–Kier alpha value is -2.37. The second-order valence-corrected chi connectivity index (χ2v) is 7.71. The van der Waals surface area contributed by atoms with Crippen LogP contribution in [-0.2, 0) is 9.53 Å². The molecule has 0 aromatic heterocycles. The van der Waals surface area contributed by atoms with E-state index in [4.69, 9.17) is 4.74 Å². The Morgan fingerprint density at radius 2 is 1.57 bits per heavy atom. The highest BCUT2D eigenvalue weighted by Gasteiger charge is 2.37. The largest absolute Gasteiger partial charge is 0.378 e. The van der Waals surface area contributed by atoms with E-state index < -0.39 is 0 Å². The number of ether oxygens (including phenoxy) is 1. The zero-order chi connectivity index (χ0) is 19.3. The van der Waals surface area contributed by atoms with Gasteiger partial charge >= 0.3 is 0 Å². The fourth-order valence-electron chi connectivity index (χ4n) is 4.41. The summed E-state index contributed by atoms with van der Waals surface area (Å²) in [6.45, 7) is 8.72. The zero-order valence-electron chi connectivity index (χ0n) is 16.6. The van der Waals surface area contributed by atoms with Gasteiger partial charge in [0.2, 0.25) is 0 Å². The molecule has 2 saturated heterocycles. The standard InChI is InChI=1S/C23H29N3O2/c1-19-7-5-6-10-21(19)24-11-13-25(14-12-24)22(20-8-3-2-4-9-20)23(27)26-15-17-28-18-16-26/h2-10,22H,11-18H2,1H3/p+1/t22-/m1/s1. The van der Waals surface area contributed by atoms with Gasteiger partial charge in [0, 0.05) is 24.3 Å². The molecule has 1 atom stereocenters. The zero-order valence-corrected chi connectivity index (χ0v) is 16.6. The first-order valence-electron chi connectivity index (χ1n) is 10.3. The Morgan fingerprint density at radius 1 is 0.929 bits per heavy atom. The molecule has 5 heteroatoms. The van der Waals surface area contributed by atoms with E-state index in [1.807, 2.05) is 23.1 Å². The molecule has 2 aromatic carbocycles. The number of amides is 1. The predicted molar refractivity (Wildman–Crippen MR) is 111 cm³/mol. The molecule has 2 aliphatic heterocycles.